The van der Waals surface area contributed by atoms with Gasteiger partial charge in [0.2, 0.25) is 0 Å². The zero-order chi connectivity index (χ0) is 7.15. The zero-order valence-corrected chi connectivity index (χ0v) is 8.22. The topological polar surface area (TPSA) is 54.4 Å². The number of hydrogen-bond acceptors (Lipinski definition) is 2. The predicted molar refractivity (Wildman–Crippen MR) is 29.7 cm³/mol. The standard InChI is InChI=1S/C3H6O.C2H4O2.Zr/c1-3(2)4;1-2(3)4;/h1-2H3;1H3,(H,3,4);. The maximum absolute atomic E-state index is 9.44. The molecule has 0 rings (SSSR count). The number of rotatable bonds is 0. The van der Waals surface area contributed by atoms with Crippen molar-refractivity contribution in [3.05, 3.63) is 0 Å². The van der Waals surface area contributed by atoms with Gasteiger partial charge in [-0.3, -0.25) is 4.79 Å². The van der Waals surface area contributed by atoms with Crippen LogP contribution in [0.15, 0.2) is 0 Å². The fourth-order valence-electron chi connectivity index (χ4n) is 0. The van der Waals surface area contributed by atoms with Gasteiger partial charge in [0.1, 0.15) is 5.78 Å². The molecule has 3 nitrogen and oxygen atoms in total. The molecule has 0 spiro atoms. The van der Waals surface area contributed by atoms with Crippen LogP contribution in [-0.4, -0.2) is 16.9 Å². The average molecular weight is 209 g/mol. The molecule has 0 saturated carbocycles. The Hall–Kier alpha value is 0.0231. The monoisotopic (exact) mass is 208 g/mol. The Morgan fingerprint density at radius 1 is 1.11 bits per heavy atom. The molecule has 0 radical (unpaired) electrons. The Bertz CT molecular complexity index is 70.2. The normalized spacial score (nSPS) is 5.67. The molecule has 0 aromatic heterocycles. The van der Waals surface area contributed by atoms with Crippen molar-refractivity contribution in [1.82, 2.24) is 0 Å². The third kappa shape index (κ3) is 545000. The van der Waals surface area contributed by atoms with Crippen LogP contribution >= 0.6 is 0 Å². The van der Waals surface area contributed by atoms with E-state index in [-0.39, 0.29) is 32.0 Å². The number of ketones is 1. The van der Waals surface area contributed by atoms with Gasteiger partial charge in [0.05, 0.1) is 0 Å². The minimum absolute atomic E-state index is 0. The summed E-state index contributed by atoms with van der Waals surface area (Å²) in [6.45, 7) is 4.14. The van der Waals surface area contributed by atoms with E-state index in [1.807, 2.05) is 0 Å². The Morgan fingerprint density at radius 2 is 1.11 bits per heavy atom. The molecule has 0 atom stereocenters. The third-order valence-corrected chi connectivity index (χ3v) is 0. The number of carbonyl (C=O) groups is 2. The van der Waals surface area contributed by atoms with Gasteiger partial charge in [-0.2, -0.15) is 0 Å². The minimum Gasteiger partial charge on any atom is -0.481 e. The van der Waals surface area contributed by atoms with Crippen LogP contribution in [0.2, 0.25) is 0 Å². The zero-order valence-electron chi connectivity index (χ0n) is 5.76. The smallest absolute Gasteiger partial charge is 0.300 e. The van der Waals surface area contributed by atoms with Gasteiger partial charge in [-0.25, -0.2) is 0 Å². The second-order valence-electron chi connectivity index (χ2n) is 1.43. The van der Waals surface area contributed by atoms with E-state index >= 15 is 0 Å². The molecule has 1 N–H and O–H groups in total. The Morgan fingerprint density at radius 3 is 1.11 bits per heavy atom. The van der Waals surface area contributed by atoms with Crippen LogP contribution in [-0.2, 0) is 35.8 Å². The van der Waals surface area contributed by atoms with Crippen molar-refractivity contribution in [3.63, 3.8) is 0 Å². The average Bonchev–Trinajstić information content (AvgIpc) is 1.25. The molecule has 0 aliphatic rings. The SMILES string of the molecule is CC(=O)O.CC(C)=O.[Zr]. The first-order valence-electron chi connectivity index (χ1n) is 2.13. The predicted octanol–water partition coefficient (Wildman–Crippen LogP) is 0.684. The molecule has 0 unspecified atom stereocenters. The first kappa shape index (κ1) is 16.0. The largest absolute Gasteiger partial charge is 0.481 e. The summed E-state index contributed by atoms with van der Waals surface area (Å²) in [7, 11) is 0. The van der Waals surface area contributed by atoms with E-state index in [0.29, 0.717) is 0 Å². The molecule has 4 heteroatoms. The molecule has 52 valence electrons. The van der Waals surface area contributed by atoms with Gasteiger partial charge in [0, 0.05) is 33.1 Å². The molecule has 0 saturated heterocycles. The quantitative estimate of drug-likeness (QED) is 0.638. The van der Waals surface area contributed by atoms with E-state index in [4.69, 9.17) is 9.90 Å². The van der Waals surface area contributed by atoms with Crippen molar-refractivity contribution in [2.45, 2.75) is 20.8 Å². The number of carboxylic acid groups (broad SMARTS) is 1. The summed E-state index contributed by atoms with van der Waals surface area (Å²) in [6, 6.07) is 0. The van der Waals surface area contributed by atoms with Gasteiger partial charge in [0.15, 0.2) is 0 Å². The van der Waals surface area contributed by atoms with Crippen molar-refractivity contribution >= 4 is 11.8 Å². The van der Waals surface area contributed by atoms with E-state index in [9.17, 15) is 4.79 Å². The molecule has 0 amide bonds. The van der Waals surface area contributed by atoms with Crippen LogP contribution in [0.3, 0.4) is 0 Å². The number of carbonyl (C=O) groups excluding carboxylic acids is 1. The van der Waals surface area contributed by atoms with E-state index in [1.165, 1.54) is 13.8 Å². The first-order chi connectivity index (χ1) is 3.46. The Labute approximate surface area is 73.6 Å². The van der Waals surface area contributed by atoms with Gasteiger partial charge in [-0.15, -0.1) is 0 Å². The maximum Gasteiger partial charge on any atom is 0.300 e. The van der Waals surface area contributed by atoms with Crippen molar-refractivity contribution < 1.29 is 40.9 Å². The van der Waals surface area contributed by atoms with Crippen LogP contribution in [0.1, 0.15) is 20.8 Å². The molecular weight excluding hydrogens is 199 g/mol. The van der Waals surface area contributed by atoms with Crippen LogP contribution in [0.4, 0.5) is 0 Å². The second kappa shape index (κ2) is 10.9. The number of hydrogen-bond donors (Lipinski definition) is 1. The summed E-state index contributed by atoms with van der Waals surface area (Å²) in [5.41, 5.74) is 0. The van der Waals surface area contributed by atoms with Crippen LogP contribution in [0.25, 0.3) is 0 Å². The van der Waals surface area contributed by atoms with Gasteiger partial charge in [-0.05, 0) is 13.8 Å². The Balaban J connectivity index is -0.0000000720. The summed E-state index contributed by atoms with van der Waals surface area (Å²) in [4.78, 5) is 18.4. The van der Waals surface area contributed by atoms with Crippen LogP contribution < -0.4 is 0 Å². The van der Waals surface area contributed by atoms with Gasteiger partial charge >= 0.3 is 0 Å². The molecule has 0 aliphatic carbocycles. The maximum atomic E-state index is 9.44. The van der Waals surface area contributed by atoms with Crippen molar-refractivity contribution in [1.29, 1.82) is 0 Å². The van der Waals surface area contributed by atoms with E-state index < -0.39 is 5.97 Å². The number of aliphatic carboxylic acids is 1. The molecule has 0 fully saturated rings. The first-order valence-corrected chi connectivity index (χ1v) is 2.13. The van der Waals surface area contributed by atoms with Gasteiger partial charge in [0.25, 0.3) is 5.97 Å². The fraction of sp³-hybridized carbons (Fsp3) is 0.600. The minimum atomic E-state index is -0.833. The molecule has 0 aromatic carbocycles. The summed E-state index contributed by atoms with van der Waals surface area (Å²) in [5.74, 6) is -0.667. The molecule has 9 heavy (non-hydrogen) atoms. The molecule has 0 aliphatic heterocycles. The van der Waals surface area contributed by atoms with E-state index in [0.717, 1.165) is 6.92 Å². The fourth-order valence-corrected chi connectivity index (χ4v) is 0. The Kier molecular flexibility index (Phi) is 19.4. The van der Waals surface area contributed by atoms with Crippen molar-refractivity contribution in [3.8, 4) is 0 Å². The number of carboxylic acids is 1. The summed E-state index contributed by atoms with van der Waals surface area (Å²) in [6.07, 6.45) is 0. The summed E-state index contributed by atoms with van der Waals surface area (Å²) in [5, 5.41) is 7.42. The second-order valence-corrected chi connectivity index (χ2v) is 1.43. The van der Waals surface area contributed by atoms with Crippen LogP contribution in [0, 0.1) is 0 Å². The molecular formula is C5H10O3Zr. The number of Topliss-reactive ketones (excluding diaryl/α,β-unsaturated/α-hetero) is 1. The summed E-state index contributed by atoms with van der Waals surface area (Å²) < 4.78 is 0. The third-order valence-electron chi connectivity index (χ3n) is 0. The van der Waals surface area contributed by atoms with Gasteiger partial charge < -0.3 is 9.90 Å². The van der Waals surface area contributed by atoms with Crippen molar-refractivity contribution in [2.75, 3.05) is 0 Å². The molecule has 0 bridgehead atoms. The van der Waals surface area contributed by atoms with E-state index in [1.54, 1.807) is 0 Å². The van der Waals surface area contributed by atoms with Crippen LogP contribution in [0.5, 0.6) is 0 Å². The van der Waals surface area contributed by atoms with E-state index in [2.05, 4.69) is 0 Å². The summed E-state index contributed by atoms with van der Waals surface area (Å²) >= 11 is 0. The molecule has 0 heterocycles. The van der Waals surface area contributed by atoms with Gasteiger partial charge in [-0.1, -0.05) is 0 Å². The van der Waals surface area contributed by atoms with Crippen molar-refractivity contribution in [2.24, 2.45) is 0 Å². The molecule has 0 aromatic rings.